The third-order valence-electron chi connectivity index (χ3n) is 2.48. The summed E-state index contributed by atoms with van der Waals surface area (Å²) in [5.74, 6) is -0.419. The topological polar surface area (TPSA) is 17.1 Å². The van der Waals surface area contributed by atoms with Crippen LogP contribution in [0.1, 0.15) is 15.9 Å². The Hall–Kier alpha value is -1.67. The molecule has 17 heavy (non-hydrogen) atoms. The standard InChI is InChI=1S/C14H10ClFO/c15-13-4-2-1-3-11(13)9-14(17)10-5-7-12(16)8-6-10/h1-8H,9H2. The van der Waals surface area contributed by atoms with Crippen molar-refractivity contribution in [1.29, 1.82) is 0 Å². The fourth-order valence-electron chi connectivity index (χ4n) is 1.55. The van der Waals surface area contributed by atoms with Gasteiger partial charge in [0.2, 0.25) is 0 Å². The van der Waals surface area contributed by atoms with Gasteiger partial charge >= 0.3 is 0 Å². The number of carbonyl (C=O) groups excluding carboxylic acids is 1. The van der Waals surface area contributed by atoms with Crippen molar-refractivity contribution < 1.29 is 9.18 Å². The lowest BCUT2D eigenvalue weighted by Gasteiger charge is -2.03. The van der Waals surface area contributed by atoms with Gasteiger partial charge in [-0.2, -0.15) is 0 Å². The molecule has 2 rings (SSSR count). The monoisotopic (exact) mass is 248 g/mol. The summed E-state index contributed by atoms with van der Waals surface area (Å²) in [5, 5.41) is 0.572. The quantitative estimate of drug-likeness (QED) is 0.753. The molecule has 0 fully saturated rings. The minimum atomic E-state index is -0.348. The first-order valence-corrected chi connectivity index (χ1v) is 5.57. The van der Waals surface area contributed by atoms with E-state index in [0.717, 1.165) is 5.56 Å². The van der Waals surface area contributed by atoms with Crippen molar-refractivity contribution in [2.75, 3.05) is 0 Å². The average molecular weight is 249 g/mol. The number of Topliss-reactive ketones (excluding diaryl/α,β-unsaturated/α-hetero) is 1. The van der Waals surface area contributed by atoms with Crippen LogP contribution >= 0.6 is 11.6 Å². The van der Waals surface area contributed by atoms with Crippen LogP contribution in [-0.4, -0.2) is 5.78 Å². The Labute approximate surface area is 104 Å². The van der Waals surface area contributed by atoms with Crippen LogP contribution in [0.3, 0.4) is 0 Å². The molecule has 0 spiro atoms. The zero-order chi connectivity index (χ0) is 12.3. The Kier molecular flexibility index (Phi) is 3.55. The molecule has 86 valence electrons. The van der Waals surface area contributed by atoms with Gasteiger partial charge in [0.25, 0.3) is 0 Å². The van der Waals surface area contributed by atoms with Gasteiger partial charge in [-0.3, -0.25) is 4.79 Å². The highest BCUT2D eigenvalue weighted by molar-refractivity contribution is 6.31. The van der Waals surface area contributed by atoms with E-state index in [9.17, 15) is 9.18 Å². The normalized spacial score (nSPS) is 10.2. The molecular weight excluding hydrogens is 239 g/mol. The second-order valence-electron chi connectivity index (χ2n) is 3.70. The molecule has 0 atom stereocenters. The van der Waals surface area contributed by atoms with Crippen LogP contribution in [0.5, 0.6) is 0 Å². The summed E-state index contributed by atoms with van der Waals surface area (Å²) in [6.07, 6.45) is 0.227. The predicted molar refractivity (Wildman–Crippen MR) is 65.9 cm³/mol. The number of hydrogen-bond donors (Lipinski definition) is 0. The van der Waals surface area contributed by atoms with Crippen LogP contribution in [-0.2, 0) is 6.42 Å². The zero-order valence-corrected chi connectivity index (χ0v) is 9.75. The first-order valence-electron chi connectivity index (χ1n) is 5.19. The SMILES string of the molecule is O=C(Cc1ccccc1Cl)c1ccc(F)cc1. The molecule has 0 radical (unpaired) electrons. The zero-order valence-electron chi connectivity index (χ0n) is 8.99. The molecule has 0 bridgehead atoms. The summed E-state index contributed by atoms with van der Waals surface area (Å²) in [5.41, 5.74) is 1.27. The van der Waals surface area contributed by atoms with Gasteiger partial charge in [0.15, 0.2) is 5.78 Å². The van der Waals surface area contributed by atoms with E-state index in [2.05, 4.69) is 0 Å². The van der Waals surface area contributed by atoms with Crippen LogP contribution in [0.15, 0.2) is 48.5 Å². The van der Waals surface area contributed by atoms with Gasteiger partial charge in [-0.15, -0.1) is 0 Å². The van der Waals surface area contributed by atoms with Crippen LogP contribution in [0, 0.1) is 5.82 Å². The van der Waals surface area contributed by atoms with Crippen molar-refractivity contribution in [3.63, 3.8) is 0 Å². The van der Waals surface area contributed by atoms with Crippen molar-refractivity contribution in [2.45, 2.75) is 6.42 Å². The van der Waals surface area contributed by atoms with Gasteiger partial charge in [-0.05, 0) is 35.9 Å². The Morgan fingerprint density at radius 3 is 2.35 bits per heavy atom. The lowest BCUT2D eigenvalue weighted by Crippen LogP contribution is -2.03. The molecule has 2 aromatic carbocycles. The van der Waals surface area contributed by atoms with E-state index in [1.165, 1.54) is 24.3 Å². The van der Waals surface area contributed by atoms with Crippen molar-refractivity contribution in [2.24, 2.45) is 0 Å². The number of hydrogen-bond acceptors (Lipinski definition) is 1. The van der Waals surface area contributed by atoms with Gasteiger partial charge in [-0.25, -0.2) is 4.39 Å². The summed E-state index contributed by atoms with van der Waals surface area (Å²) in [6.45, 7) is 0. The van der Waals surface area contributed by atoms with Crippen LogP contribution in [0.25, 0.3) is 0 Å². The Morgan fingerprint density at radius 2 is 1.71 bits per heavy atom. The highest BCUT2D eigenvalue weighted by atomic mass is 35.5. The lowest BCUT2D eigenvalue weighted by atomic mass is 10.0. The van der Waals surface area contributed by atoms with E-state index < -0.39 is 0 Å². The number of rotatable bonds is 3. The molecule has 0 aliphatic carbocycles. The van der Waals surface area contributed by atoms with Crippen molar-refractivity contribution in [3.05, 3.63) is 70.5 Å². The van der Waals surface area contributed by atoms with Gasteiger partial charge < -0.3 is 0 Å². The molecule has 2 aromatic rings. The van der Waals surface area contributed by atoms with Gasteiger partial charge in [0.05, 0.1) is 0 Å². The fourth-order valence-corrected chi connectivity index (χ4v) is 1.76. The molecule has 3 heteroatoms. The maximum atomic E-state index is 12.7. The first-order chi connectivity index (χ1) is 8.16. The summed E-state index contributed by atoms with van der Waals surface area (Å²) in [6, 6.07) is 12.7. The average Bonchev–Trinajstić information content (AvgIpc) is 2.33. The molecule has 0 unspecified atom stereocenters. The predicted octanol–water partition coefficient (Wildman–Crippen LogP) is 3.90. The molecular formula is C14H10ClFO. The Morgan fingerprint density at radius 1 is 1.06 bits per heavy atom. The van der Waals surface area contributed by atoms with E-state index in [0.29, 0.717) is 10.6 Å². The van der Waals surface area contributed by atoms with E-state index >= 15 is 0 Å². The highest BCUT2D eigenvalue weighted by Gasteiger charge is 2.09. The largest absolute Gasteiger partial charge is 0.294 e. The third-order valence-corrected chi connectivity index (χ3v) is 2.84. The Bertz CT molecular complexity index is 534. The maximum absolute atomic E-state index is 12.7. The second-order valence-corrected chi connectivity index (χ2v) is 4.11. The minimum Gasteiger partial charge on any atom is -0.294 e. The Balaban J connectivity index is 2.17. The highest BCUT2D eigenvalue weighted by Crippen LogP contribution is 2.17. The van der Waals surface area contributed by atoms with E-state index in [1.54, 1.807) is 6.07 Å². The van der Waals surface area contributed by atoms with E-state index in [-0.39, 0.29) is 18.0 Å². The van der Waals surface area contributed by atoms with Crippen molar-refractivity contribution >= 4 is 17.4 Å². The summed E-state index contributed by atoms with van der Waals surface area (Å²) >= 11 is 5.97. The molecule has 0 aliphatic rings. The van der Waals surface area contributed by atoms with Gasteiger partial charge in [-0.1, -0.05) is 29.8 Å². The molecule has 0 saturated carbocycles. The van der Waals surface area contributed by atoms with Crippen LogP contribution in [0.4, 0.5) is 4.39 Å². The van der Waals surface area contributed by atoms with Gasteiger partial charge in [0.1, 0.15) is 5.82 Å². The van der Waals surface area contributed by atoms with Gasteiger partial charge in [0, 0.05) is 17.0 Å². The van der Waals surface area contributed by atoms with Crippen molar-refractivity contribution in [1.82, 2.24) is 0 Å². The van der Waals surface area contributed by atoms with E-state index in [1.807, 2.05) is 18.2 Å². The molecule has 0 saturated heterocycles. The molecule has 0 N–H and O–H groups in total. The van der Waals surface area contributed by atoms with E-state index in [4.69, 9.17) is 11.6 Å². The number of ketones is 1. The van der Waals surface area contributed by atoms with Crippen LogP contribution in [0.2, 0.25) is 5.02 Å². The number of benzene rings is 2. The number of carbonyl (C=O) groups is 1. The summed E-state index contributed by atoms with van der Waals surface area (Å²) in [4.78, 5) is 11.9. The molecule has 1 nitrogen and oxygen atoms in total. The maximum Gasteiger partial charge on any atom is 0.167 e. The summed E-state index contributed by atoms with van der Waals surface area (Å²) in [7, 11) is 0. The van der Waals surface area contributed by atoms with Crippen LogP contribution < -0.4 is 0 Å². The third kappa shape index (κ3) is 2.92. The number of halogens is 2. The summed E-state index contributed by atoms with van der Waals surface area (Å²) < 4.78 is 12.7. The lowest BCUT2D eigenvalue weighted by molar-refractivity contribution is 0.0993. The fraction of sp³-hybridized carbons (Fsp3) is 0.0714. The minimum absolute atomic E-state index is 0.0712. The first kappa shape index (κ1) is 11.8. The van der Waals surface area contributed by atoms with Crippen molar-refractivity contribution in [3.8, 4) is 0 Å². The molecule has 0 aromatic heterocycles. The second kappa shape index (κ2) is 5.11. The molecule has 0 aliphatic heterocycles. The smallest absolute Gasteiger partial charge is 0.167 e. The molecule has 0 heterocycles. The molecule has 0 amide bonds.